The van der Waals surface area contributed by atoms with Gasteiger partial charge >= 0.3 is 0 Å². The average molecular weight is 383 g/mol. The van der Waals surface area contributed by atoms with Crippen LogP contribution < -0.4 is 0 Å². The van der Waals surface area contributed by atoms with Crippen LogP contribution in [0.1, 0.15) is 77.0 Å². The first-order valence-corrected chi connectivity index (χ1v) is 13.3. The Morgan fingerprint density at radius 2 is 1.72 bits per heavy atom. The average Bonchev–Trinajstić information content (AvgIpc) is 3.14. The molecule has 2 nitrogen and oxygen atoms in total. The lowest BCUT2D eigenvalue weighted by Gasteiger charge is -2.42. The van der Waals surface area contributed by atoms with Crippen molar-refractivity contribution in [3.63, 3.8) is 0 Å². The van der Waals surface area contributed by atoms with Crippen molar-refractivity contribution in [3.05, 3.63) is 28.0 Å². The molecule has 0 amide bonds. The summed E-state index contributed by atoms with van der Waals surface area (Å²) >= 11 is 1.69. The quantitative estimate of drug-likeness (QED) is 0.394. The summed E-state index contributed by atoms with van der Waals surface area (Å²) in [5.74, 6) is 0. The molecule has 1 N–H and O–H groups in total. The Labute approximate surface area is 160 Å². The minimum atomic E-state index is -1.58. The van der Waals surface area contributed by atoms with Gasteiger partial charge in [-0.2, -0.15) is 0 Å². The third-order valence-electron chi connectivity index (χ3n) is 5.91. The van der Waals surface area contributed by atoms with Crippen LogP contribution in [0.4, 0.5) is 0 Å². The van der Waals surface area contributed by atoms with Crippen LogP contribution in [-0.2, 0) is 11.0 Å². The number of aliphatic hydroxyl groups excluding tert-OH is 1. The monoisotopic (exact) mass is 382 g/mol. The molecular formula is C21H38O2SSi. The van der Waals surface area contributed by atoms with Crippen LogP contribution in [0.25, 0.3) is 5.57 Å². The Morgan fingerprint density at radius 1 is 1.12 bits per heavy atom. The van der Waals surface area contributed by atoms with Crippen LogP contribution in [0.3, 0.4) is 0 Å². The summed E-state index contributed by atoms with van der Waals surface area (Å²) in [5, 5.41) is 9.24. The van der Waals surface area contributed by atoms with Crippen molar-refractivity contribution in [1.29, 1.82) is 0 Å². The predicted molar refractivity (Wildman–Crippen MR) is 115 cm³/mol. The lowest BCUT2D eigenvalue weighted by atomic mass is 9.91. The zero-order valence-corrected chi connectivity index (χ0v) is 19.0. The minimum Gasteiger partial charge on any atom is -0.411 e. The second-order valence-electron chi connectivity index (χ2n) is 7.09. The van der Waals surface area contributed by atoms with Crippen molar-refractivity contribution in [2.45, 2.75) is 97.6 Å². The second kappa shape index (κ2) is 10.7. The molecule has 0 spiro atoms. The fraction of sp³-hybridized carbons (Fsp3) is 0.714. The summed E-state index contributed by atoms with van der Waals surface area (Å²) in [7, 11) is -1.58. The highest BCUT2D eigenvalue weighted by molar-refractivity contribution is 7.13. The van der Waals surface area contributed by atoms with Crippen LogP contribution >= 0.6 is 11.3 Å². The van der Waals surface area contributed by atoms with Gasteiger partial charge in [-0.1, -0.05) is 40.7 Å². The van der Waals surface area contributed by atoms with E-state index in [0.29, 0.717) is 0 Å². The lowest BCUT2D eigenvalue weighted by molar-refractivity contribution is 0.0397. The van der Waals surface area contributed by atoms with Gasteiger partial charge in [0.25, 0.3) is 0 Å². The molecule has 0 saturated heterocycles. The van der Waals surface area contributed by atoms with Gasteiger partial charge < -0.3 is 9.53 Å². The maximum absolute atomic E-state index is 9.24. The molecule has 0 bridgehead atoms. The van der Waals surface area contributed by atoms with Crippen molar-refractivity contribution in [3.8, 4) is 0 Å². The van der Waals surface area contributed by atoms with Gasteiger partial charge in [0.2, 0.25) is 0 Å². The first-order chi connectivity index (χ1) is 11.9. The lowest BCUT2D eigenvalue weighted by Crippen LogP contribution is -2.46. The van der Waals surface area contributed by atoms with E-state index < -0.39 is 8.32 Å². The van der Waals surface area contributed by atoms with Crippen molar-refractivity contribution in [2.24, 2.45) is 0 Å². The molecule has 0 unspecified atom stereocenters. The standard InChI is InChI=1S/C21H38O2SSi/c1-7-21(8-2,23-25(9-3,10-4)11-5)16-12-13-18(6)20-15-14-19(17-22)24-20/h13-15,22H,7-12,16-17H2,1-6H3/b18-13+. The van der Waals surface area contributed by atoms with Crippen molar-refractivity contribution in [2.75, 3.05) is 0 Å². The number of aliphatic hydroxyl groups is 1. The third kappa shape index (κ3) is 6.06. The fourth-order valence-electron chi connectivity index (χ4n) is 3.55. The summed E-state index contributed by atoms with van der Waals surface area (Å²) in [6.45, 7) is 13.8. The summed E-state index contributed by atoms with van der Waals surface area (Å²) in [5.41, 5.74) is 1.35. The van der Waals surface area contributed by atoms with Crippen molar-refractivity contribution >= 4 is 25.2 Å². The smallest absolute Gasteiger partial charge is 0.192 e. The minimum absolute atomic E-state index is 0.0384. The number of hydrogen-bond acceptors (Lipinski definition) is 3. The van der Waals surface area contributed by atoms with E-state index in [1.807, 2.05) is 6.07 Å². The Kier molecular flexibility index (Phi) is 9.64. The Hall–Kier alpha value is -0.423. The molecule has 25 heavy (non-hydrogen) atoms. The van der Waals surface area contributed by atoms with Crippen molar-refractivity contribution in [1.82, 2.24) is 0 Å². The van der Waals surface area contributed by atoms with E-state index in [9.17, 15) is 5.11 Å². The molecule has 4 heteroatoms. The molecule has 1 heterocycles. The van der Waals surface area contributed by atoms with Crippen LogP contribution in [-0.4, -0.2) is 19.0 Å². The highest BCUT2D eigenvalue weighted by Gasteiger charge is 2.38. The number of thiophene rings is 1. The van der Waals surface area contributed by atoms with Gasteiger partial charge in [0.1, 0.15) is 0 Å². The number of rotatable bonds is 12. The summed E-state index contributed by atoms with van der Waals surface area (Å²) in [6, 6.07) is 7.79. The Bertz CT molecular complexity index is 519. The van der Waals surface area contributed by atoms with Crippen LogP contribution in [0, 0.1) is 0 Å². The molecule has 0 saturated carbocycles. The van der Waals surface area contributed by atoms with E-state index in [0.717, 1.165) is 30.6 Å². The topological polar surface area (TPSA) is 29.5 Å². The van der Waals surface area contributed by atoms with E-state index in [-0.39, 0.29) is 12.2 Å². The Morgan fingerprint density at radius 3 is 2.16 bits per heavy atom. The summed E-state index contributed by atoms with van der Waals surface area (Å²) < 4.78 is 6.96. The third-order valence-corrected chi connectivity index (χ3v) is 11.8. The largest absolute Gasteiger partial charge is 0.411 e. The molecule has 0 fully saturated rings. The van der Waals surface area contributed by atoms with Crippen molar-refractivity contribution < 1.29 is 9.53 Å². The van der Waals surface area contributed by atoms with E-state index in [1.165, 1.54) is 28.6 Å². The first-order valence-electron chi connectivity index (χ1n) is 10.0. The first kappa shape index (κ1) is 22.6. The highest BCUT2D eigenvalue weighted by Crippen LogP contribution is 2.35. The molecule has 1 aromatic rings. The van der Waals surface area contributed by atoms with Gasteiger partial charge in [0.05, 0.1) is 12.2 Å². The fourth-order valence-corrected chi connectivity index (χ4v) is 7.66. The molecular weight excluding hydrogens is 344 g/mol. The summed E-state index contributed by atoms with van der Waals surface area (Å²) in [4.78, 5) is 2.30. The van der Waals surface area contributed by atoms with Crippen LogP contribution in [0.2, 0.25) is 18.1 Å². The maximum atomic E-state index is 9.24. The number of allylic oxidation sites excluding steroid dienone is 2. The van der Waals surface area contributed by atoms with Gasteiger partial charge in [0, 0.05) is 9.75 Å². The molecule has 0 aliphatic rings. The molecule has 144 valence electrons. The molecule has 1 aromatic heterocycles. The van der Waals surface area contributed by atoms with Crippen LogP contribution in [0.15, 0.2) is 18.2 Å². The number of hydrogen-bond donors (Lipinski definition) is 1. The highest BCUT2D eigenvalue weighted by atomic mass is 32.1. The Balaban J connectivity index is 2.81. The van der Waals surface area contributed by atoms with Gasteiger partial charge in [-0.15, -0.1) is 11.3 Å². The van der Waals surface area contributed by atoms with E-state index in [1.54, 1.807) is 11.3 Å². The van der Waals surface area contributed by atoms with Crippen LogP contribution in [0.5, 0.6) is 0 Å². The molecule has 0 aliphatic heterocycles. The molecule has 0 aromatic carbocycles. The van der Waals surface area contributed by atoms with E-state index in [2.05, 4.69) is 53.7 Å². The predicted octanol–water partition coefficient (Wildman–Crippen LogP) is 7.00. The molecule has 0 aliphatic carbocycles. The summed E-state index contributed by atoms with van der Waals surface area (Å²) in [6.07, 6.45) is 6.70. The SMILES string of the molecule is CCC(CC)(CC/C=C(\C)c1ccc(CO)s1)O[Si](CC)(CC)CC. The molecule has 1 rings (SSSR count). The van der Waals surface area contributed by atoms with Gasteiger partial charge in [0.15, 0.2) is 8.32 Å². The zero-order chi connectivity index (χ0) is 18.9. The second-order valence-corrected chi connectivity index (χ2v) is 12.9. The normalized spacial score (nSPS) is 13.5. The van der Waals surface area contributed by atoms with Gasteiger partial charge in [-0.3, -0.25) is 0 Å². The van der Waals surface area contributed by atoms with Gasteiger partial charge in [-0.05, 0) is 68.4 Å². The zero-order valence-electron chi connectivity index (χ0n) is 17.2. The maximum Gasteiger partial charge on any atom is 0.192 e. The van der Waals surface area contributed by atoms with E-state index >= 15 is 0 Å². The molecule has 0 radical (unpaired) electrons. The van der Waals surface area contributed by atoms with E-state index in [4.69, 9.17) is 4.43 Å². The van der Waals surface area contributed by atoms with Gasteiger partial charge in [-0.25, -0.2) is 0 Å². The molecule has 0 atom stereocenters.